The van der Waals surface area contributed by atoms with Crippen LogP contribution in [0.1, 0.15) is 25.5 Å². The molecule has 0 aromatic heterocycles. The molecule has 0 heterocycles. The fourth-order valence-electron chi connectivity index (χ4n) is 1.61. The standard InChI is InChI=1S/C13H19ClN2/c1-9(2)8-16(4)13-6-5-11(10(3)15)7-12(13)14/h5-7,10H,1,8,15H2,2-4H3/t10-/m0/s1. The first-order chi connectivity index (χ1) is 7.41. The first-order valence-corrected chi connectivity index (χ1v) is 5.70. The Bertz CT molecular complexity index is 386. The van der Waals surface area contributed by atoms with Gasteiger partial charge in [-0.05, 0) is 31.5 Å². The molecule has 0 amide bonds. The Morgan fingerprint density at radius 3 is 2.62 bits per heavy atom. The van der Waals surface area contributed by atoms with E-state index in [2.05, 4.69) is 11.5 Å². The van der Waals surface area contributed by atoms with Gasteiger partial charge in [0, 0.05) is 19.6 Å². The monoisotopic (exact) mass is 238 g/mol. The van der Waals surface area contributed by atoms with E-state index in [1.54, 1.807) is 0 Å². The molecule has 0 unspecified atom stereocenters. The van der Waals surface area contributed by atoms with Crippen molar-refractivity contribution in [3.05, 3.63) is 40.9 Å². The van der Waals surface area contributed by atoms with Gasteiger partial charge in [0.2, 0.25) is 0 Å². The average Bonchev–Trinajstić information content (AvgIpc) is 2.15. The lowest BCUT2D eigenvalue weighted by Crippen LogP contribution is -2.19. The van der Waals surface area contributed by atoms with Crippen LogP contribution in [0.15, 0.2) is 30.4 Å². The van der Waals surface area contributed by atoms with Crippen molar-refractivity contribution in [2.24, 2.45) is 5.73 Å². The second-order valence-corrected chi connectivity index (χ2v) is 4.72. The van der Waals surface area contributed by atoms with E-state index in [-0.39, 0.29) is 6.04 Å². The van der Waals surface area contributed by atoms with E-state index < -0.39 is 0 Å². The van der Waals surface area contributed by atoms with Crippen LogP contribution in [-0.2, 0) is 0 Å². The molecule has 1 atom stereocenters. The highest BCUT2D eigenvalue weighted by Gasteiger charge is 2.08. The molecule has 0 fully saturated rings. The summed E-state index contributed by atoms with van der Waals surface area (Å²) in [4.78, 5) is 2.08. The Balaban J connectivity index is 2.94. The maximum Gasteiger partial charge on any atom is 0.0642 e. The van der Waals surface area contributed by atoms with Gasteiger partial charge in [0.05, 0.1) is 10.7 Å². The predicted octanol–water partition coefficient (Wildman–Crippen LogP) is 3.37. The molecular weight excluding hydrogens is 220 g/mol. The number of halogens is 1. The Labute approximate surface area is 103 Å². The van der Waals surface area contributed by atoms with Gasteiger partial charge in [0.15, 0.2) is 0 Å². The van der Waals surface area contributed by atoms with Gasteiger partial charge >= 0.3 is 0 Å². The van der Waals surface area contributed by atoms with Gasteiger partial charge in [0.1, 0.15) is 0 Å². The Morgan fingerprint density at radius 1 is 1.56 bits per heavy atom. The number of benzene rings is 1. The first kappa shape index (κ1) is 13.1. The molecule has 0 saturated carbocycles. The van der Waals surface area contributed by atoms with E-state index >= 15 is 0 Å². The van der Waals surface area contributed by atoms with Crippen molar-refractivity contribution in [1.29, 1.82) is 0 Å². The minimum atomic E-state index is 0.0120. The lowest BCUT2D eigenvalue weighted by atomic mass is 10.1. The molecule has 0 saturated heterocycles. The summed E-state index contributed by atoms with van der Waals surface area (Å²) in [5, 5.41) is 0.735. The van der Waals surface area contributed by atoms with Gasteiger partial charge in [-0.2, -0.15) is 0 Å². The van der Waals surface area contributed by atoms with Crippen molar-refractivity contribution < 1.29 is 0 Å². The molecule has 0 aliphatic heterocycles. The average molecular weight is 239 g/mol. The largest absolute Gasteiger partial charge is 0.369 e. The van der Waals surface area contributed by atoms with Crippen LogP contribution in [0.4, 0.5) is 5.69 Å². The molecule has 0 aliphatic rings. The zero-order valence-corrected chi connectivity index (χ0v) is 10.9. The van der Waals surface area contributed by atoms with Gasteiger partial charge in [-0.1, -0.05) is 29.8 Å². The van der Waals surface area contributed by atoms with Crippen molar-refractivity contribution in [3.8, 4) is 0 Å². The normalized spacial score (nSPS) is 12.3. The summed E-state index contributed by atoms with van der Waals surface area (Å²) in [6.07, 6.45) is 0. The molecule has 0 spiro atoms. The van der Waals surface area contributed by atoms with Crippen LogP contribution in [0.25, 0.3) is 0 Å². The van der Waals surface area contributed by atoms with E-state index in [1.165, 1.54) is 0 Å². The molecule has 2 N–H and O–H groups in total. The van der Waals surface area contributed by atoms with Crippen LogP contribution in [0.2, 0.25) is 5.02 Å². The second-order valence-electron chi connectivity index (χ2n) is 4.31. The van der Waals surface area contributed by atoms with E-state index in [0.29, 0.717) is 0 Å². The molecule has 16 heavy (non-hydrogen) atoms. The zero-order chi connectivity index (χ0) is 12.3. The lowest BCUT2D eigenvalue weighted by molar-refractivity contribution is 0.817. The summed E-state index contributed by atoms with van der Waals surface area (Å²) in [5.74, 6) is 0. The highest BCUT2D eigenvalue weighted by atomic mass is 35.5. The maximum absolute atomic E-state index is 6.22. The van der Waals surface area contributed by atoms with Gasteiger partial charge < -0.3 is 10.6 Å². The molecule has 88 valence electrons. The van der Waals surface area contributed by atoms with E-state index in [9.17, 15) is 0 Å². The summed E-state index contributed by atoms with van der Waals surface area (Å²) in [6.45, 7) is 8.64. The number of likely N-dealkylation sites (N-methyl/N-ethyl adjacent to an activating group) is 1. The van der Waals surface area contributed by atoms with Crippen LogP contribution in [-0.4, -0.2) is 13.6 Å². The fourth-order valence-corrected chi connectivity index (χ4v) is 1.94. The number of nitrogens with two attached hydrogens (primary N) is 1. The summed E-state index contributed by atoms with van der Waals surface area (Å²) in [6, 6.07) is 5.96. The van der Waals surface area contributed by atoms with Gasteiger partial charge in [-0.15, -0.1) is 0 Å². The zero-order valence-electron chi connectivity index (χ0n) is 10.1. The van der Waals surface area contributed by atoms with Crippen LogP contribution < -0.4 is 10.6 Å². The van der Waals surface area contributed by atoms with Crippen molar-refractivity contribution in [2.75, 3.05) is 18.5 Å². The van der Waals surface area contributed by atoms with Crippen LogP contribution in [0.3, 0.4) is 0 Å². The van der Waals surface area contributed by atoms with E-state index in [4.69, 9.17) is 17.3 Å². The molecule has 1 aromatic carbocycles. The van der Waals surface area contributed by atoms with Crippen molar-refractivity contribution in [1.82, 2.24) is 0 Å². The lowest BCUT2D eigenvalue weighted by Gasteiger charge is -2.21. The van der Waals surface area contributed by atoms with Gasteiger partial charge in [0.25, 0.3) is 0 Å². The molecule has 0 bridgehead atoms. The van der Waals surface area contributed by atoms with E-state index in [1.807, 2.05) is 39.1 Å². The first-order valence-electron chi connectivity index (χ1n) is 5.32. The summed E-state index contributed by atoms with van der Waals surface area (Å²) < 4.78 is 0. The fraction of sp³-hybridized carbons (Fsp3) is 0.385. The van der Waals surface area contributed by atoms with Gasteiger partial charge in [-0.3, -0.25) is 0 Å². The topological polar surface area (TPSA) is 29.3 Å². The molecule has 0 aliphatic carbocycles. The SMILES string of the molecule is C=C(C)CN(C)c1ccc([C@H](C)N)cc1Cl. The van der Waals surface area contributed by atoms with Crippen molar-refractivity contribution >= 4 is 17.3 Å². The summed E-state index contributed by atoms with van der Waals surface area (Å²) >= 11 is 6.22. The molecule has 2 nitrogen and oxygen atoms in total. The number of anilines is 1. The summed E-state index contributed by atoms with van der Waals surface area (Å²) in [5.41, 5.74) is 8.97. The highest BCUT2D eigenvalue weighted by Crippen LogP contribution is 2.28. The number of hydrogen-bond donors (Lipinski definition) is 1. The number of rotatable bonds is 4. The quantitative estimate of drug-likeness (QED) is 0.815. The molecule has 3 heteroatoms. The van der Waals surface area contributed by atoms with E-state index in [0.717, 1.165) is 28.4 Å². The molecule has 1 rings (SSSR count). The van der Waals surface area contributed by atoms with Crippen molar-refractivity contribution in [3.63, 3.8) is 0 Å². The Morgan fingerprint density at radius 2 is 2.19 bits per heavy atom. The number of hydrogen-bond acceptors (Lipinski definition) is 2. The maximum atomic E-state index is 6.22. The highest BCUT2D eigenvalue weighted by molar-refractivity contribution is 6.33. The van der Waals surface area contributed by atoms with Crippen molar-refractivity contribution in [2.45, 2.75) is 19.9 Å². The molecular formula is C13H19ClN2. The molecule has 1 aromatic rings. The van der Waals surface area contributed by atoms with Crippen LogP contribution >= 0.6 is 11.6 Å². The third-order valence-corrected chi connectivity index (χ3v) is 2.72. The second kappa shape index (κ2) is 5.37. The van der Waals surface area contributed by atoms with Crippen LogP contribution in [0, 0.1) is 0 Å². The van der Waals surface area contributed by atoms with Crippen LogP contribution in [0.5, 0.6) is 0 Å². The Hall–Kier alpha value is -0.990. The minimum absolute atomic E-state index is 0.0120. The van der Waals surface area contributed by atoms with Gasteiger partial charge in [-0.25, -0.2) is 0 Å². The summed E-state index contributed by atoms with van der Waals surface area (Å²) in [7, 11) is 2.00. The molecule has 0 radical (unpaired) electrons. The number of nitrogens with zero attached hydrogens (tertiary/aromatic N) is 1. The predicted molar refractivity (Wildman–Crippen MR) is 72.1 cm³/mol. The third-order valence-electron chi connectivity index (χ3n) is 2.42. The Kier molecular flexibility index (Phi) is 4.39. The smallest absolute Gasteiger partial charge is 0.0642 e. The minimum Gasteiger partial charge on any atom is -0.369 e. The third kappa shape index (κ3) is 3.26.